The third kappa shape index (κ3) is 4.51. The maximum Gasteiger partial charge on any atom is 0.419 e. The van der Waals surface area contributed by atoms with Crippen molar-refractivity contribution in [2.75, 3.05) is 18.4 Å². The first-order valence-corrected chi connectivity index (χ1v) is 5.91. The minimum Gasteiger partial charge on any atom is -0.370 e. The highest BCUT2D eigenvalue weighted by Crippen LogP contribution is 2.35. The van der Waals surface area contributed by atoms with Gasteiger partial charge in [-0.25, -0.2) is 4.98 Å². The van der Waals surface area contributed by atoms with Crippen molar-refractivity contribution in [1.29, 1.82) is 0 Å². The van der Waals surface area contributed by atoms with Crippen molar-refractivity contribution in [3.63, 3.8) is 0 Å². The van der Waals surface area contributed by atoms with Gasteiger partial charge in [0, 0.05) is 17.2 Å². The first kappa shape index (κ1) is 14.2. The molecule has 1 heterocycles. The number of hydrogen-bond acceptors (Lipinski definition) is 3. The molecule has 0 saturated carbocycles. The van der Waals surface area contributed by atoms with Crippen LogP contribution in [-0.4, -0.2) is 18.1 Å². The molecule has 1 aromatic rings. The lowest BCUT2D eigenvalue weighted by molar-refractivity contribution is -0.137. The van der Waals surface area contributed by atoms with Crippen LogP contribution in [0.25, 0.3) is 0 Å². The van der Waals surface area contributed by atoms with Crippen molar-refractivity contribution in [2.24, 2.45) is 5.73 Å². The number of anilines is 1. The number of halogens is 4. The fourth-order valence-electron chi connectivity index (χ4n) is 1.27. The molecular formula is C10H13BrF3N3. The number of hydrogen-bond donors (Lipinski definition) is 2. The van der Waals surface area contributed by atoms with Crippen LogP contribution in [0.1, 0.15) is 18.4 Å². The Morgan fingerprint density at radius 2 is 2.06 bits per heavy atom. The fourth-order valence-corrected chi connectivity index (χ4v) is 1.60. The molecule has 0 amide bonds. The molecule has 0 aliphatic heterocycles. The highest BCUT2D eigenvalue weighted by atomic mass is 79.9. The lowest BCUT2D eigenvalue weighted by atomic mass is 10.2. The molecule has 0 radical (unpaired) electrons. The zero-order chi connectivity index (χ0) is 12.9. The zero-order valence-electron chi connectivity index (χ0n) is 9.02. The Bertz CT molecular complexity index is 368. The van der Waals surface area contributed by atoms with Gasteiger partial charge in [0.25, 0.3) is 0 Å². The van der Waals surface area contributed by atoms with Crippen LogP contribution in [0.3, 0.4) is 0 Å². The Labute approximate surface area is 106 Å². The maximum absolute atomic E-state index is 12.7. The number of nitrogens with zero attached hydrogens (tertiary/aromatic N) is 1. The molecule has 0 bridgehead atoms. The Balaban J connectivity index is 2.77. The van der Waals surface area contributed by atoms with E-state index in [9.17, 15) is 13.2 Å². The molecule has 96 valence electrons. The second-order valence-corrected chi connectivity index (χ2v) is 4.39. The van der Waals surface area contributed by atoms with Crippen LogP contribution in [-0.2, 0) is 6.18 Å². The van der Waals surface area contributed by atoms with E-state index >= 15 is 0 Å². The third-order valence-corrected chi connectivity index (χ3v) is 2.52. The van der Waals surface area contributed by atoms with Crippen LogP contribution in [0.4, 0.5) is 19.0 Å². The number of alkyl halides is 3. The van der Waals surface area contributed by atoms with Gasteiger partial charge < -0.3 is 11.1 Å². The van der Waals surface area contributed by atoms with Crippen molar-refractivity contribution >= 4 is 21.7 Å². The molecule has 1 rings (SSSR count). The van der Waals surface area contributed by atoms with Crippen molar-refractivity contribution < 1.29 is 13.2 Å². The molecule has 3 nitrogen and oxygen atoms in total. The summed E-state index contributed by atoms with van der Waals surface area (Å²) < 4.78 is 38.4. The van der Waals surface area contributed by atoms with E-state index in [0.717, 1.165) is 12.5 Å². The van der Waals surface area contributed by atoms with Crippen molar-refractivity contribution in [3.8, 4) is 0 Å². The van der Waals surface area contributed by atoms with Gasteiger partial charge >= 0.3 is 6.18 Å². The highest BCUT2D eigenvalue weighted by Gasteiger charge is 2.34. The predicted molar refractivity (Wildman–Crippen MR) is 63.7 cm³/mol. The Hall–Kier alpha value is -0.820. The smallest absolute Gasteiger partial charge is 0.370 e. The summed E-state index contributed by atoms with van der Waals surface area (Å²) in [5.74, 6) is -0.141. The van der Waals surface area contributed by atoms with Gasteiger partial charge in [0.05, 0.1) is 5.56 Å². The number of nitrogens with one attached hydrogen (secondary N) is 1. The molecule has 3 N–H and O–H groups in total. The highest BCUT2D eigenvalue weighted by molar-refractivity contribution is 9.10. The van der Waals surface area contributed by atoms with E-state index in [-0.39, 0.29) is 5.82 Å². The number of unbranched alkanes of at least 4 members (excludes halogenated alkanes) is 1. The van der Waals surface area contributed by atoms with E-state index in [0.29, 0.717) is 24.0 Å². The van der Waals surface area contributed by atoms with Gasteiger partial charge in [0.2, 0.25) is 0 Å². The minimum absolute atomic E-state index is 0.141. The molecule has 0 aliphatic carbocycles. The summed E-state index contributed by atoms with van der Waals surface area (Å²) in [6.45, 7) is 0.955. The molecule has 7 heteroatoms. The number of aromatic nitrogens is 1. The maximum atomic E-state index is 12.7. The van der Waals surface area contributed by atoms with E-state index in [1.54, 1.807) is 0 Å². The summed E-state index contributed by atoms with van der Waals surface area (Å²) >= 11 is 2.98. The Morgan fingerprint density at radius 3 is 2.65 bits per heavy atom. The largest absolute Gasteiger partial charge is 0.419 e. The van der Waals surface area contributed by atoms with Gasteiger partial charge in [-0.05, 0) is 41.4 Å². The summed E-state index contributed by atoms with van der Waals surface area (Å²) in [7, 11) is 0. The van der Waals surface area contributed by atoms with Gasteiger partial charge in [-0.15, -0.1) is 0 Å². The van der Waals surface area contributed by atoms with Crippen LogP contribution >= 0.6 is 15.9 Å². The topological polar surface area (TPSA) is 50.9 Å². The van der Waals surface area contributed by atoms with Gasteiger partial charge in [-0.2, -0.15) is 13.2 Å². The fraction of sp³-hybridized carbons (Fsp3) is 0.500. The van der Waals surface area contributed by atoms with E-state index in [1.807, 2.05) is 0 Å². The molecule has 17 heavy (non-hydrogen) atoms. The summed E-state index contributed by atoms with van der Waals surface area (Å²) in [5, 5.41) is 2.67. The molecule has 0 spiro atoms. The van der Waals surface area contributed by atoms with Crippen LogP contribution in [0, 0.1) is 0 Å². The second-order valence-electron chi connectivity index (χ2n) is 3.47. The number of nitrogens with two attached hydrogens (primary N) is 1. The molecule has 0 fully saturated rings. The first-order valence-electron chi connectivity index (χ1n) is 5.12. The zero-order valence-corrected chi connectivity index (χ0v) is 10.6. The van der Waals surface area contributed by atoms with Crippen LogP contribution < -0.4 is 11.1 Å². The normalized spacial score (nSPS) is 11.6. The van der Waals surface area contributed by atoms with Gasteiger partial charge in [-0.3, -0.25) is 0 Å². The molecule has 0 unspecified atom stereocenters. The molecule has 1 aromatic heterocycles. The van der Waals surface area contributed by atoms with Gasteiger partial charge in [0.1, 0.15) is 5.82 Å². The summed E-state index contributed by atoms with van der Waals surface area (Å²) in [6.07, 6.45) is -1.59. The average Bonchev–Trinajstić information content (AvgIpc) is 2.25. The van der Waals surface area contributed by atoms with Gasteiger partial charge in [-0.1, -0.05) is 0 Å². The van der Waals surface area contributed by atoms with Crippen molar-refractivity contribution in [1.82, 2.24) is 4.98 Å². The summed E-state index contributed by atoms with van der Waals surface area (Å²) in [5.41, 5.74) is 4.53. The quantitative estimate of drug-likeness (QED) is 0.822. The molecule has 0 aliphatic rings. The predicted octanol–water partition coefficient (Wildman–Crippen LogP) is 3.01. The second kappa shape index (κ2) is 6.20. The van der Waals surface area contributed by atoms with Crippen LogP contribution in [0.5, 0.6) is 0 Å². The van der Waals surface area contributed by atoms with E-state index in [4.69, 9.17) is 5.73 Å². The van der Waals surface area contributed by atoms with Gasteiger partial charge in [0.15, 0.2) is 0 Å². The van der Waals surface area contributed by atoms with E-state index in [2.05, 4.69) is 26.2 Å². The van der Waals surface area contributed by atoms with Crippen molar-refractivity contribution in [3.05, 3.63) is 22.3 Å². The number of pyridine rings is 1. The first-order chi connectivity index (χ1) is 7.95. The monoisotopic (exact) mass is 311 g/mol. The van der Waals surface area contributed by atoms with E-state index < -0.39 is 11.7 Å². The molecule has 0 atom stereocenters. The Kier molecular flexibility index (Phi) is 5.20. The average molecular weight is 312 g/mol. The van der Waals surface area contributed by atoms with Crippen LogP contribution in [0.2, 0.25) is 0 Å². The van der Waals surface area contributed by atoms with Crippen molar-refractivity contribution in [2.45, 2.75) is 19.0 Å². The third-order valence-electron chi connectivity index (χ3n) is 2.08. The van der Waals surface area contributed by atoms with Crippen LogP contribution in [0.15, 0.2) is 16.7 Å². The minimum atomic E-state index is -4.41. The molecule has 0 aromatic carbocycles. The SMILES string of the molecule is NCCCCNc1ncc(Br)cc1C(F)(F)F. The standard InChI is InChI=1S/C10H13BrF3N3/c11-7-5-8(10(12,13)14)9(17-6-7)16-4-2-1-3-15/h5-6H,1-4,15H2,(H,16,17). The lowest BCUT2D eigenvalue weighted by Crippen LogP contribution is -2.14. The Morgan fingerprint density at radius 1 is 1.35 bits per heavy atom. The summed E-state index contributed by atoms with van der Waals surface area (Å²) in [6, 6.07) is 1.01. The lowest BCUT2D eigenvalue weighted by Gasteiger charge is -2.13. The number of rotatable bonds is 5. The molecular weight excluding hydrogens is 299 g/mol. The van der Waals surface area contributed by atoms with E-state index in [1.165, 1.54) is 6.20 Å². The summed E-state index contributed by atoms with van der Waals surface area (Å²) in [4.78, 5) is 3.73. The molecule has 0 saturated heterocycles.